The Bertz CT molecular complexity index is 423. The molecule has 0 N–H and O–H groups in total. The van der Waals surface area contributed by atoms with E-state index in [1.807, 2.05) is 37.3 Å². The van der Waals surface area contributed by atoms with Crippen molar-refractivity contribution in [3.05, 3.63) is 41.7 Å². The first kappa shape index (κ1) is 16.3. The normalized spacial score (nSPS) is 12.8. The van der Waals surface area contributed by atoms with Crippen LogP contribution in [0.3, 0.4) is 0 Å². The number of rotatable bonds is 8. The third kappa shape index (κ3) is 5.91. The maximum Gasteiger partial charge on any atom is 0.373 e. The Morgan fingerprint density at radius 2 is 1.95 bits per heavy atom. The minimum atomic E-state index is -0.402. The molecule has 0 heterocycles. The van der Waals surface area contributed by atoms with Crippen molar-refractivity contribution < 1.29 is 14.3 Å². The molecule has 0 amide bonds. The maximum absolute atomic E-state index is 12.0. The molecule has 1 atom stereocenters. The van der Waals surface area contributed by atoms with Crippen molar-refractivity contribution in [3.63, 3.8) is 0 Å². The van der Waals surface area contributed by atoms with E-state index in [0.29, 0.717) is 0 Å². The van der Waals surface area contributed by atoms with Gasteiger partial charge in [0.15, 0.2) is 0 Å². The molecule has 0 radical (unpaired) electrons. The van der Waals surface area contributed by atoms with E-state index in [1.165, 1.54) is 13.5 Å². The third-order valence-electron chi connectivity index (χ3n) is 3.04. The van der Waals surface area contributed by atoms with Gasteiger partial charge < -0.3 is 9.47 Å². The summed E-state index contributed by atoms with van der Waals surface area (Å²) in [5, 5.41) is 0. The average Bonchev–Trinajstić information content (AvgIpc) is 2.46. The highest BCUT2D eigenvalue weighted by atomic mass is 16.6. The molecule has 0 aliphatic heterocycles. The molecule has 3 nitrogen and oxygen atoms in total. The van der Waals surface area contributed by atoms with Crippen LogP contribution in [-0.2, 0) is 14.3 Å². The second-order valence-electron chi connectivity index (χ2n) is 4.84. The molecule has 1 unspecified atom stereocenters. The molecule has 1 rings (SSSR count). The number of hydrogen-bond acceptors (Lipinski definition) is 3. The van der Waals surface area contributed by atoms with Crippen molar-refractivity contribution in [2.24, 2.45) is 0 Å². The largest absolute Gasteiger partial charge is 0.490 e. The van der Waals surface area contributed by atoms with Crippen LogP contribution < -0.4 is 0 Å². The number of unbranched alkanes of at least 4 members (excludes halogenated alkanes) is 2. The van der Waals surface area contributed by atoms with Crippen molar-refractivity contribution in [1.82, 2.24) is 0 Å². The van der Waals surface area contributed by atoms with Crippen LogP contribution in [0.15, 0.2) is 36.1 Å². The van der Waals surface area contributed by atoms with Crippen LogP contribution in [0.25, 0.3) is 6.08 Å². The first-order chi connectivity index (χ1) is 9.67. The van der Waals surface area contributed by atoms with Crippen LogP contribution in [0.5, 0.6) is 0 Å². The third-order valence-corrected chi connectivity index (χ3v) is 3.04. The standard InChI is InChI=1S/C17H24O3/c1-4-5-7-10-14(2)20-17(18)16(19-3)13-15-11-8-6-9-12-15/h6,8-9,11-14H,4-5,7,10H2,1-3H3. The van der Waals surface area contributed by atoms with Gasteiger partial charge in [0.25, 0.3) is 0 Å². The number of ether oxygens (including phenoxy) is 2. The molecule has 0 saturated carbocycles. The van der Waals surface area contributed by atoms with Crippen molar-refractivity contribution in [2.45, 2.75) is 45.6 Å². The zero-order chi connectivity index (χ0) is 14.8. The fraction of sp³-hybridized carbons (Fsp3) is 0.471. The Hall–Kier alpha value is -1.77. The summed E-state index contributed by atoms with van der Waals surface area (Å²) in [6, 6.07) is 9.58. The van der Waals surface area contributed by atoms with E-state index in [4.69, 9.17) is 9.47 Å². The molecule has 0 aliphatic rings. The maximum atomic E-state index is 12.0. The van der Waals surface area contributed by atoms with Gasteiger partial charge in [0.2, 0.25) is 5.76 Å². The van der Waals surface area contributed by atoms with E-state index in [-0.39, 0.29) is 11.9 Å². The van der Waals surface area contributed by atoms with Crippen LogP contribution >= 0.6 is 0 Å². The SMILES string of the molecule is CCCCCC(C)OC(=O)C(=Cc1ccccc1)OC. The van der Waals surface area contributed by atoms with Crippen molar-refractivity contribution >= 4 is 12.0 Å². The van der Waals surface area contributed by atoms with Gasteiger partial charge in [-0.15, -0.1) is 0 Å². The molecule has 0 bridgehead atoms. The molecule has 1 aromatic carbocycles. The molecule has 20 heavy (non-hydrogen) atoms. The quantitative estimate of drug-likeness (QED) is 0.309. The summed E-state index contributed by atoms with van der Waals surface area (Å²) < 4.78 is 10.5. The number of carbonyl (C=O) groups is 1. The van der Waals surface area contributed by atoms with Crippen LogP contribution in [0.1, 0.15) is 45.1 Å². The predicted octanol–water partition coefficient (Wildman–Crippen LogP) is 4.19. The molecular formula is C17H24O3. The number of esters is 1. The van der Waals surface area contributed by atoms with Gasteiger partial charge in [-0.25, -0.2) is 4.79 Å². The van der Waals surface area contributed by atoms with Crippen LogP contribution in [-0.4, -0.2) is 19.2 Å². The Balaban J connectivity index is 2.57. The monoisotopic (exact) mass is 276 g/mol. The number of carbonyl (C=O) groups excluding carboxylic acids is 1. The summed E-state index contributed by atoms with van der Waals surface area (Å²) in [6.07, 6.45) is 5.92. The number of methoxy groups -OCH3 is 1. The number of benzene rings is 1. The second-order valence-corrected chi connectivity index (χ2v) is 4.84. The lowest BCUT2D eigenvalue weighted by Crippen LogP contribution is -2.17. The van der Waals surface area contributed by atoms with Gasteiger partial charge in [-0.3, -0.25) is 0 Å². The minimum absolute atomic E-state index is 0.0802. The molecule has 3 heteroatoms. The van der Waals surface area contributed by atoms with Crippen molar-refractivity contribution in [2.75, 3.05) is 7.11 Å². The van der Waals surface area contributed by atoms with E-state index in [0.717, 1.165) is 24.8 Å². The van der Waals surface area contributed by atoms with E-state index < -0.39 is 5.97 Å². The number of hydrogen-bond donors (Lipinski definition) is 0. The highest BCUT2D eigenvalue weighted by molar-refractivity contribution is 5.91. The Kier molecular flexibility index (Phi) is 7.48. The summed E-state index contributed by atoms with van der Waals surface area (Å²) in [4.78, 5) is 12.0. The highest BCUT2D eigenvalue weighted by Gasteiger charge is 2.15. The lowest BCUT2D eigenvalue weighted by molar-refractivity contribution is -0.147. The molecule has 0 saturated heterocycles. The smallest absolute Gasteiger partial charge is 0.373 e. The average molecular weight is 276 g/mol. The molecule has 0 fully saturated rings. The summed E-state index contributed by atoms with van der Waals surface area (Å²) in [6.45, 7) is 4.08. The Labute approximate surface area is 121 Å². The van der Waals surface area contributed by atoms with Crippen molar-refractivity contribution in [3.8, 4) is 0 Å². The van der Waals surface area contributed by atoms with Crippen LogP contribution in [0.2, 0.25) is 0 Å². The molecule has 1 aromatic rings. The highest BCUT2D eigenvalue weighted by Crippen LogP contribution is 2.12. The lowest BCUT2D eigenvalue weighted by Gasteiger charge is -2.14. The topological polar surface area (TPSA) is 35.5 Å². The van der Waals surface area contributed by atoms with E-state index in [2.05, 4.69) is 6.92 Å². The van der Waals surface area contributed by atoms with Crippen molar-refractivity contribution in [1.29, 1.82) is 0 Å². The second kappa shape index (κ2) is 9.18. The van der Waals surface area contributed by atoms with Gasteiger partial charge in [0.05, 0.1) is 13.2 Å². The molecule has 0 spiro atoms. The van der Waals surface area contributed by atoms with Gasteiger partial charge in [-0.05, 0) is 31.4 Å². The predicted molar refractivity (Wildman–Crippen MR) is 81.1 cm³/mol. The zero-order valence-corrected chi connectivity index (χ0v) is 12.6. The van der Waals surface area contributed by atoms with E-state index in [1.54, 1.807) is 6.08 Å². The summed E-state index contributed by atoms with van der Waals surface area (Å²) >= 11 is 0. The van der Waals surface area contributed by atoms with E-state index >= 15 is 0 Å². The van der Waals surface area contributed by atoms with Crippen LogP contribution in [0, 0.1) is 0 Å². The first-order valence-corrected chi connectivity index (χ1v) is 7.19. The summed E-state index contributed by atoms with van der Waals surface area (Å²) in [5.74, 6) is -0.168. The zero-order valence-electron chi connectivity index (χ0n) is 12.6. The van der Waals surface area contributed by atoms with Gasteiger partial charge in [-0.1, -0.05) is 50.1 Å². The molecular weight excluding hydrogens is 252 g/mol. The molecule has 110 valence electrons. The molecule has 0 aliphatic carbocycles. The fourth-order valence-corrected chi connectivity index (χ4v) is 1.88. The van der Waals surface area contributed by atoms with Gasteiger partial charge in [-0.2, -0.15) is 0 Å². The lowest BCUT2D eigenvalue weighted by atomic mass is 10.1. The fourth-order valence-electron chi connectivity index (χ4n) is 1.88. The minimum Gasteiger partial charge on any atom is -0.490 e. The Morgan fingerprint density at radius 1 is 1.25 bits per heavy atom. The first-order valence-electron chi connectivity index (χ1n) is 7.19. The molecule has 0 aromatic heterocycles. The van der Waals surface area contributed by atoms with Crippen LogP contribution in [0.4, 0.5) is 0 Å². The van der Waals surface area contributed by atoms with Gasteiger partial charge in [0, 0.05) is 0 Å². The van der Waals surface area contributed by atoms with E-state index in [9.17, 15) is 4.79 Å². The van der Waals surface area contributed by atoms with Gasteiger partial charge in [0.1, 0.15) is 0 Å². The summed E-state index contributed by atoms with van der Waals surface area (Å²) in [5.41, 5.74) is 0.917. The Morgan fingerprint density at radius 3 is 2.55 bits per heavy atom. The van der Waals surface area contributed by atoms with Gasteiger partial charge >= 0.3 is 5.97 Å². The summed E-state index contributed by atoms with van der Waals surface area (Å²) in [7, 11) is 1.48.